The number of hydrogen-bond acceptors (Lipinski definition) is 5. The molecule has 0 aromatic carbocycles. The molecular weight excluding hydrogens is 270 g/mol. The van der Waals surface area contributed by atoms with E-state index in [2.05, 4.69) is 4.98 Å². The Balaban J connectivity index is 2.11. The molecule has 0 N–H and O–H groups in total. The molecule has 0 radical (unpaired) electrons. The van der Waals surface area contributed by atoms with Crippen molar-refractivity contribution >= 4 is 16.9 Å². The first-order chi connectivity index (χ1) is 9.94. The molecule has 0 atom stereocenters. The van der Waals surface area contributed by atoms with Gasteiger partial charge in [-0.3, -0.25) is 0 Å². The first-order valence-electron chi connectivity index (χ1n) is 6.59. The summed E-state index contributed by atoms with van der Waals surface area (Å²) in [5.74, 6) is 0.0837. The maximum atomic E-state index is 12.2. The quantitative estimate of drug-likeness (QED) is 0.665. The zero-order valence-electron chi connectivity index (χ0n) is 12.0. The van der Waals surface area contributed by atoms with Gasteiger partial charge in [0.2, 0.25) is 0 Å². The lowest BCUT2D eigenvalue weighted by atomic mass is 10.1. The number of carbonyl (C=O) groups excluding carboxylic acids is 1. The maximum absolute atomic E-state index is 12.2. The van der Waals surface area contributed by atoms with Crippen LogP contribution in [0.4, 0.5) is 0 Å². The fourth-order valence-electron chi connectivity index (χ4n) is 2.00. The number of esters is 1. The second-order valence-electron chi connectivity index (χ2n) is 5.67. The van der Waals surface area contributed by atoms with Gasteiger partial charge in [0.05, 0.1) is 12.5 Å². The number of pyridine rings is 1. The van der Waals surface area contributed by atoms with Gasteiger partial charge >= 0.3 is 5.97 Å². The van der Waals surface area contributed by atoms with E-state index < -0.39 is 11.6 Å². The Morgan fingerprint density at radius 3 is 2.67 bits per heavy atom. The van der Waals surface area contributed by atoms with Crippen LogP contribution in [0.3, 0.4) is 0 Å². The van der Waals surface area contributed by atoms with Crippen LogP contribution < -0.4 is 0 Å². The monoisotopic (exact) mass is 285 g/mol. The van der Waals surface area contributed by atoms with Gasteiger partial charge in [0.1, 0.15) is 16.9 Å². The molecule has 0 unspecified atom stereocenters. The molecule has 0 amide bonds. The van der Waals surface area contributed by atoms with Crippen LogP contribution in [0.2, 0.25) is 0 Å². The van der Waals surface area contributed by atoms with Crippen LogP contribution in [0.5, 0.6) is 0 Å². The number of furan rings is 2. The van der Waals surface area contributed by atoms with Gasteiger partial charge in [-0.25, -0.2) is 9.78 Å². The summed E-state index contributed by atoms with van der Waals surface area (Å²) in [4.78, 5) is 16.6. The highest BCUT2D eigenvalue weighted by Gasteiger charge is 2.22. The highest BCUT2D eigenvalue weighted by atomic mass is 16.6. The summed E-state index contributed by atoms with van der Waals surface area (Å²) >= 11 is 0. The number of hydrogen-bond donors (Lipinski definition) is 0. The van der Waals surface area contributed by atoms with Gasteiger partial charge in [0.25, 0.3) is 0 Å². The zero-order chi connectivity index (χ0) is 15.0. The summed E-state index contributed by atoms with van der Waals surface area (Å²) in [7, 11) is 0. The van der Waals surface area contributed by atoms with Crippen molar-refractivity contribution in [3.05, 3.63) is 42.5 Å². The first-order valence-corrected chi connectivity index (χ1v) is 6.59. The van der Waals surface area contributed by atoms with Crippen molar-refractivity contribution in [1.82, 2.24) is 4.98 Å². The molecule has 0 saturated heterocycles. The van der Waals surface area contributed by atoms with Crippen molar-refractivity contribution in [3.8, 4) is 11.5 Å². The van der Waals surface area contributed by atoms with Crippen LogP contribution in [0.1, 0.15) is 31.3 Å². The van der Waals surface area contributed by atoms with Crippen LogP contribution in [-0.2, 0) is 4.74 Å². The first kappa shape index (κ1) is 13.4. The number of ether oxygens (including phenoxy) is 1. The summed E-state index contributed by atoms with van der Waals surface area (Å²) in [6.07, 6.45) is 3.11. The Morgan fingerprint density at radius 1 is 1.19 bits per heavy atom. The zero-order valence-corrected chi connectivity index (χ0v) is 12.0. The van der Waals surface area contributed by atoms with E-state index >= 15 is 0 Å². The Bertz CT molecular complexity index is 778. The predicted octanol–water partition coefficient (Wildman–Crippen LogP) is 4.04. The number of nitrogens with zero attached hydrogens (tertiary/aromatic N) is 1. The lowest BCUT2D eigenvalue weighted by Crippen LogP contribution is -2.24. The van der Waals surface area contributed by atoms with Crippen LogP contribution in [0.25, 0.3) is 22.4 Å². The van der Waals surface area contributed by atoms with Gasteiger partial charge in [0.15, 0.2) is 11.5 Å². The molecule has 0 aliphatic heterocycles. The summed E-state index contributed by atoms with van der Waals surface area (Å²) in [5.41, 5.74) is 0.741. The number of aromatic nitrogens is 1. The highest BCUT2D eigenvalue weighted by Crippen LogP contribution is 2.29. The van der Waals surface area contributed by atoms with E-state index in [4.69, 9.17) is 13.6 Å². The third-order valence-electron chi connectivity index (χ3n) is 2.81. The van der Waals surface area contributed by atoms with Crippen LogP contribution in [0.15, 0.2) is 45.6 Å². The van der Waals surface area contributed by atoms with Crippen molar-refractivity contribution in [2.24, 2.45) is 0 Å². The molecule has 0 fully saturated rings. The summed E-state index contributed by atoms with van der Waals surface area (Å²) < 4.78 is 16.1. The Labute approximate surface area is 121 Å². The number of rotatable bonds is 2. The van der Waals surface area contributed by atoms with Gasteiger partial charge in [-0.2, -0.15) is 0 Å². The molecule has 0 aliphatic rings. The van der Waals surface area contributed by atoms with Gasteiger partial charge in [-0.1, -0.05) is 0 Å². The predicted molar refractivity (Wildman–Crippen MR) is 76.9 cm³/mol. The molecule has 3 aromatic heterocycles. The molecule has 3 aromatic rings. The molecule has 0 saturated carbocycles. The maximum Gasteiger partial charge on any atom is 0.357 e. The molecule has 5 nitrogen and oxygen atoms in total. The van der Waals surface area contributed by atoms with E-state index in [1.807, 2.05) is 20.8 Å². The fraction of sp³-hybridized carbons (Fsp3) is 0.250. The van der Waals surface area contributed by atoms with Crippen molar-refractivity contribution in [1.29, 1.82) is 0 Å². The van der Waals surface area contributed by atoms with E-state index in [1.165, 1.54) is 0 Å². The Morgan fingerprint density at radius 2 is 2.00 bits per heavy atom. The van der Waals surface area contributed by atoms with Crippen molar-refractivity contribution in [2.75, 3.05) is 0 Å². The standard InChI is InChI=1S/C16H15NO4/c1-16(2,3)21-15(18)11-9-13-10(6-8-20-13)14(17-11)12-5-4-7-19-12/h4-9H,1-3H3. The Hall–Kier alpha value is -2.56. The molecule has 21 heavy (non-hydrogen) atoms. The molecule has 0 bridgehead atoms. The molecule has 0 spiro atoms. The van der Waals surface area contributed by atoms with E-state index in [0.717, 1.165) is 5.39 Å². The SMILES string of the molecule is CC(C)(C)OC(=O)c1cc2occc2c(-c2ccco2)n1. The van der Waals surface area contributed by atoms with E-state index in [0.29, 0.717) is 17.0 Å². The molecular formula is C16H15NO4. The third-order valence-corrected chi connectivity index (χ3v) is 2.81. The fourth-order valence-corrected chi connectivity index (χ4v) is 2.00. The van der Waals surface area contributed by atoms with Crippen LogP contribution >= 0.6 is 0 Å². The van der Waals surface area contributed by atoms with E-state index in [9.17, 15) is 4.79 Å². The summed E-state index contributed by atoms with van der Waals surface area (Å²) in [6.45, 7) is 5.43. The second-order valence-corrected chi connectivity index (χ2v) is 5.67. The normalized spacial score (nSPS) is 11.8. The van der Waals surface area contributed by atoms with E-state index in [-0.39, 0.29) is 5.69 Å². The summed E-state index contributed by atoms with van der Waals surface area (Å²) in [6, 6.07) is 6.92. The largest absolute Gasteiger partial charge is 0.464 e. The molecule has 5 heteroatoms. The van der Waals surface area contributed by atoms with Crippen molar-refractivity contribution in [2.45, 2.75) is 26.4 Å². The average Bonchev–Trinajstić information content (AvgIpc) is 3.06. The third kappa shape index (κ3) is 2.67. The van der Waals surface area contributed by atoms with Gasteiger partial charge in [-0.05, 0) is 39.0 Å². The summed E-state index contributed by atoms with van der Waals surface area (Å²) in [5, 5.41) is 0.789. The molecule has 3 rings (SSSR count). The molecule has 108 valence electrons. The topological polar surface area (TPSA) is 65.5 Å². The lowest BCUT2D eigenvalue weighted by molar-refractivity contribution is 0.00630. The Kier molecular flexibility index (Phi) is 3.05. The molecule has 3 heterocycles. The lowest BCUT2D eigenvalue weighted by Gasteiger charge is -2.19. The average molecular weight is 285 g/mol. The van der Waals surface area contributed by atoms with Gasteiger partial charge in [0, 0.05) is 11.5 Å². The van der Waals surface area contributed by atoms with Crippen molar-refractivity contribution < 1.29 is 18.4 Å². The minimum Gasteiger partial charge on any atom is -0.464 e. The van der Waals surface area contributed by atoms with Crippen LogP contribution in [0, 0.1) is 0 Å². The molecule has 0 aliphatic carbocycles. The van der Waals surface area contributed by atoms with Crippen molar-refractivity contribution in [3.63, 3.8) is 0 Å². The number of carbonyl (C=O) groups is 1. The minimum atomic E-state index is -0.582. The smallest absolute Gasteiger partial charge is 0.357 e. The second kappa shape index (κ2) is 4.77. The van der Waals surface area contributed by atoms with E-state index in [1.54, 1.807) is 36.8 Å². The van der Waals surface area contributed by atoms with Gasteiger partial charge < -0.3 is 13.6 Å². The highest BCUT2D eigenvalue weighted by molar-refractivity contribution is 5.97. The van der Waals surface area contributed by atoms with Crippen LogP contribution in [-0.4, -0.2) is 16.6 Å². The van der Waals surface area contributed by atoms with Gasteiger partial charge in [-0.15, -0.1) is 0 Å². The minimum absolute atomic E-state index is 0.193. The number of fused-ring (bicyclic) bond motifs is 1.